The van der Waals surface area contributed by atoms with Crippen molar-refractivity contribution < 1.29 is 9.53 Å². The van der Waals surface area contributed by atoms with Gasteiger partial charge >= 0.3 is 0 Å². The van der Waals surface area contributed by atoms with Crippen molar-refractivity contribution in [2.24, 2.45) is 0 Å². The molecule has 0 unspecified atom stereocenters. The lowest BCUT2D eigenvalue weighted by Gasteiger charge is -2.35. The minimum Gasteiger partial charge on any atom is -0.383 e. The second kappa shape index (κ2) is 7.24. The summed E-state index contributed by atoms with van der Waals surface area (Å²) >= 11 is 0. The Bertz CT molecular complexity index is 444. The molecular formula is C15H23N3O2. The highest BCUT2D eigenvalue weighted by molar-refractivity contribution is 5.99. The van der Waals surface area contributed by atoms with Crippen molar-refractivity contribution in [3.05, 3.63) is 24.0 Å². The molecule has 5 heteroatoms. The van der Waals surface area contributed by atoms with E-state index in [1.807, 2.05) is 6.92 Å². The molecule has 1 aliphatic carbocycles. The van der Waals surface area contributed by atoms with Gasteiger partial charge in [0.15, 0.2) is 0 Å². The van der Waals surface area contributed by atoms with Crippen LogP contribution in [0.15, 0.2) is 18.5 Å². The van der Waals surface area contributed by atoms with Crippen LogP contribution >= 0.6 is 0 Å². The number of rotatable bonds is 7. The van der Waals surface area contributed by atoms with Gasteiger partial charge in [-0.3, -0.25) is 9.78 Å². The molecule has 20 heavy (non-hydrogen) atoms. The molecule has 1 amide bonds. The van der Waals surface area contributed by atoms with E-state index in [0.29, 0.717) is 11.7 Å². The smallest absolute Gasteiger partial charge is 0.253 e. The van der Waals surface area contributed by atoms with E-state index in [4.69, 9.17) is 4.74 Å². The molecule has 1 aliphatic rings. The van der Waals surface area contributed by atoms with Crippen LogP contribution in [0.5, 0.6) is 0 Å². The molecule has 1 saturated carbocycles. The Morgan fingerprint density at radius 3 is 2.95 bits per heavy atom. The van der Waals surface area contributed by atoms with Crippen LogP contribution in [0.1, 0.15) is 43.5 Å². The number of hydrogen-bond donors (Lipinski definition) is 2. The van der Waals surface area contributed by atoms with Gasteiger partial charge in [0.25, 0.3) is 5.91 Å². The second-order valence-corrected chi connectivity index (χ2v) is 5.07. The number of nitrogens with zero attached hydrogens (tertiary/aromatic N) is 1. The van der Waals surface area contributed by atoms with E-state index in [-0.39, 0.29) is 11.9 Å². The van der Waals surface area contributed by atoms with Crippen LogP contribution in [-0.4, -0.2) is 36.2 Å². The molecular weight excluding hydrogens is 254 g/mol. The van der Waals surface area contributed by atoms with Crippen molar-refractivity contribution in [1.29, 1.82) is 0 Å². The number of carbonyl (C=O) groups is 1. The summed E-state index contributed by atoms with van der Waals surface area (Å²) < 4.78 is 5.50. The molecule has 0 spiro atoms. The molecule has 0 saturated heterocycles. The van der Waals surface area contributed by atoms with E-state index in [0.717, 1.165) is 38.1 Å². The average Bonchev–Trinajstić information content (AvgIpc) is 2.43. The van der Waals surface area contributed by atoms with Gasteiger partial charge in [0, 0.05) is 25.4 Å². The molecule has 0 bridgehead atoms. The van der Waals surface area contributed by atoms with Crippen LogP contribution < -0.4 is 10.6 Å². The lowest BCUT2D eigenvalue weighted by molar-refractivity contribution is -0.00861. The lowest BCUT2D eigenvalue weighted by atomic mass is 9.89. The van der Waals surface area contributed by atoms with Crippen molar-refractivity contribution in [1.82, 2.24) is 10.3 Å². The Morgan fingerprint density at radius 2 is 2.25 bits per heavy atom. The van der Waals surface area contributed by atoms with Crippen molar-refractivity contribution in [2.75, 3.05) is 18.5 Å². The predicted octanol–water partition coefficient (Wildman–Crippen LogP) is 2.20. The van der Waals surface area contributed by atoms with Gasteiger partial charge in [0.1, 0.15) is 0 Å². The van der Waals surface area contributed by atoms with Gasteiger partial charge in [-0.15, -0.1) is 0 Å². The normalized spacial score (nSPS) is 21.1. The van der Waals surface area contributed by atoms with Crippen LogP contribution in [0.3, 0.4) is 0 Å². The molecule has 5 nitrogen and oxygen atoms in total. The number of aromatic nitrogens is 1. The molecule has 1 heterocycles. The van der Waals surface area contributed by atoms with E-state index in [9.17, 15) is 4.79 Å². The summed E-state index contributed by atoms with van der Waals surface area (Å²) in [7, 11) is 0. The first-order valence-electron chi connectivity index (χ1n) is 7.35. The highest BCUT2D eigenvalue weighted by Crippen LogP contribution is 2.24. The van der Waals surface area contributed by atoms with Crippen molar-refractivity contribution >= 4 is 11.6 Å². The third-order valence-corrected chi connectivity index (χ3v) is 3.46. The SMILES string of the molecule is CCCNc1cnccc1C(=O)NC1CC(OCC)C1. The third kappa shape index (κ3) is 3.70. The van der Waals surface area contributed by atoms with Crippen LogP contribution in [0.4, 0.5) is 5.69 Å². The molecule has 1 fully saturated rings. The van der Waals surface area contributed by atoms with Crippen LogP contribution in [0, 0.1) is 0 Å². The number of ether oxygens (including phenoxy) is 1. The van der Waals surface area contributed by atoms with Crippen LogP contribution in [-0.2, 0) is 4.74 Å². The van der Waals surface area contributed by atoms with Crippen molar-refractivity contribution in [3.63, 3.8) is 0 Å². The van der Waals surface area contributed by atoms with E-state index < -0.39 is 0 Å². The maximum atomic E-state index is 12.3. The first-order chi connectivity index (χ1) is 9.74. The maximum Gasteiger partial charge on any atom is 0.253 e. The van der Waals surface area contributed by atoms with E-state index >= 15 is 0 Å². The summed E-state index contributed by atoms with van der Waals surface area (Å²) in [6, 6.07) is 1.98. The van der Waals surface area contributed by atoms with Crippen LogP contribution in [0.2, 0.25) is 0 Å². The first kappa shape index (κ1) is 14.8. The molecule has 110 valence electrons. The van der Waals surface area contributed by atoms with Gasteiger partial charge in [-0.2, -0.15) is 0 Å². The van der Waals surface area contributed by atoms with Gasteiger partial charge in [-0.1, -0.05) is 6.92 Å². The molecule has 0 radical (unpaired) electrons. The summed E-state index contributed by atoms with van der Waals surface area (Å²) in [5.41, 5.74) is 1.46. The maximum absolute atomic E-state index is 12.3. The number of pyridine rings is 1. The monoisotopic (exact) mass is 277 g/mol. The zero-order valence-corrected chi connectivity index (χ0v) is 12.2. The Hall–Kier alpha value is -1.62. The number of anilines is 1. The standard InChI is InChI=1S/C15H23N3O2/c1-3-6-17-14-10-16-7-5-13(14)15(19)18-11-8-12(9-11)20-4-2/h5,7,10-12,17H,3-4,6,8-9H2,1-2H3,(H,18,19). The molecule has 2 N–H and O–H groups in total. The molecule has 0 aliphatic heterocycles. The highest BCUT2D eigenvalue weighted by atomic mass is 16.5. The molecule has 0 aromatic carbocycles. The fourth-order valence-electron chi connectivity index (χ4n) is 2.31. The highest BCUT2D eigenvalue weighted by Gasteiger charge is 2.31. The van der Waals surface area contributed by atoms with E-state index in [1.165, 1.54) is 0 Å². The second-order valence-electron chi connectivity index (χ2n) is 5.07. The lowest BCUT2D eigenvalue weighted by Crippen LogP contribution is -2.47. The molecule has 0 atom stereocenters. The summed E-state index contributed by atoms with van der Waals surface area (Å²) in [6.45, 7) is 5.66. The number of carbonyl (C=O) groups excluding carboxylic acids is 1. The molecule has 2 rings (SSSR count). The van der Waals surface area contributed by atoms with Gasteiger partial charge in [0.2, 0.25) is 0 Å². The minimum absolute atomic E-state index is 0.0362. The van der Waals surface area contributed by atoms with E-state index in [1.54, 1.807) is 18.5 Å². The summed E-state index contributed by atoms with van der Waals surface area (Å²) in [4.78, 5) is 16.3. The predicted molar refractivity (Wildman–Crippen MR) is 78.9 cm³/mol. The first-order valence-corrected chi connectivity index (χ1v) is 7.35. The Morgan fingerprint density at radius 1 is 1.45 bits per heavy atom. The van der Waals surface area contributed by atoms with Gasteiger partial charge in [-0.05, 0) is 32.3 Å². The summed E-state index contributed by atoms with van der Waals surface area (Å²) in [5, 5.41) is 6.29. The summed E-state index contributed by atoms with van der Waals surface area (Å²) in [5.74, 6) is -0.0362. The number of nitrogens with one attached hydrogen (secondary N) is 2. The van der Waals surface area contributed by atoms with Crippen molar-refractivity contribution in [3.8, 4) is 0 Å². The van der Waals surface area contributed by atoms with Crippen molar-refractivity contribution in [2.45, 2.75) is 45.3 Å². The zero-order chi connectivity index (χ0) is 14.4. The summed E-state index contributed by atoms with van der Waals surface area (Å²) in [6.07, 6.45) is 6.48. The van der Waals surface area contributed by atoms with Gasteiger partial charge < -0.3 is 15.4 Å². The van der Waals surface area contributed by atoms with Crippen LogP contribution in [0.25, 0.3) is 0 Å². The topological polar surface area (TPSA) is 63.2 Å². The minimum atomic E-state index is -0.0362. The Labute approximate surface area is 120 Å². The molecule has 1 aromatic rings. The molecule has 1 aromatic heterocycles. The zero-order valence-electron chi connectivity index (χ0n) is 12.2. The average molecular weight is 277 g/mol. The van der Waals surface area contributed by atoms with Gasteiger partial charge in [0.05, 0.1) is 23.6 Å². The quantitative estimate of drug-likeness (QED) is 0.802. The third-order valence-electron chi connectivity index (χ3n) is 3.46. The number of hydrogen-bond acceptors (Lipinski definition) is 4. The van der Waals surface area contributed by atoms with Gasteiger partial charge in [-0.25, -0.2) is 0 Å². The Balaban J connectivity index is 1.89. The van der Waals surface area contributed by atoms with E-state index in [2.05, 4.69) is 22.5 Å². The fourth-order valence-corrected chi connectivity index (χ4v) is 2.31. The fraction of sp³-hybridized carbons (Fsp3) is 0.600. The number of amides is 1. The Kier molecular flexibility index (Phi) is 5.35. The largest absolute Gasteiger partial charge is 0.383 e.